The minimum atomic E-state index is 0.412. The fraction of sp³-hybridized carbons (Fsp3) is 0.833. The van der Waals surface area contributed by atoms with Gasteiger partial charge in [-0.15, -0.1) is 0 Å². The molecule has 0 aliphatic carbocycles. The van der Waals surface area contributed by atoms with Crippen LogP contribution >= 0.6 is 0 Å². The predicted molar refractivity (Wildman–Crippen MR) is 57.4 cm³/mol. The van der Waals surface area contributed by atoms with Gasteiger partial charge in [-0.2, -0.15) is 0 Å². The molecule has 0 aliphatic heterocycles. The number of hydrogen-bond acceptors (Lipinski definition) is 0. The van der Waals surface area contributed by atoms with Gasteiger partial charge in [-0.25, -0.2) is 0 Å². The lowest BCUT2D eigenvalue weighted by Crippen LogP contribution is -2.13. The summed E-state index contributed by atoms with van der Waals surface area (Å²) >= 11 is 0. The van der Waals surface area contributed by atoms with Gasteiger partial charge in [0.1, 0.15) is 0 Å². The van der Waals surface area contributed by atoms with E-state index in [9.17, 15) is 0 Å². The monoisotopic (exact) mass is 168 g/mol. The quantitative estimate of drug-likeness (QED) is 0.540. The van der Waals surface area contributed by atoms with Crippen LogP contribution in [0.25, 0.3) is 0 Å². The van der Waals surface area contributed by atoms with Crippen LogP contribution in [0, 0.1) is 5.41 Å². The summed E-state index contributed by atoms with van der Waals surface area (Å²) < 4.78 is 0. The average Bonchev–Trinajstić information content (AvgIpc) is 1.99. The van der Waals surface area contributed by atoms with Crippen molar-refractivity contribution in [3.63, 3.8) is 0 Å². The third-order valence-electron chi connectivity index (χ3n) is 2.92. The van der Waals surface area contributed by atoms with Crippen molar-refractivity contribution in [2.45, 2.75) is 60.8 Å². The molecule has 0 aliphatic rings. The van der Waals surface area contributed by atoms with Gasteiger partial charge < -0.3 is 0 Å². The largest absolute Gasteiger partial charge is 0.0770 e. The molecule has 0 nitrogen and oxygen atoms in total. The Morgan fingerprint density at radius 1 is 1.08 bits per heavy atom. The Hall–Kier alpha value is -0.260. The topological polar surface area (TPSA) is 0 Å². The van der Waals surface area contributed by atoms with Gasteiger partial charge in [-0.1, -0.05) is 44.8 Å². The molecule has 0 fully saturated rings. The van der Waals surface area contributed by atoms with Gasteiger partial charge in [0.15, 0.2) is 0 Å². The van der Waals surface area contributed by atoms with E-state index in [1.165, 1.54) is 24.8 Å². The Balaban J connectivity index is 4.29. The number of rotatable bonds is 4. The normalized spacial score (nSPS) is 11.5. The Morgan fingerprint density at radius 2 is 1.58 bits per heavy atom. The van der Waals surface area contributed by atoms with Crippen molar-refractivity contribution in [3.05, 3.63) is 11.1 Å². The van der Waals surface area contributed by atoms with Crippen LogP contribution in [0.1, 0.15) is 60.8 Å². The molecule has 0 amide bonds. The second-order valence-electron chi connectivity index (χ2n) is 4.61. The van der Waals surface area contributed by atoms with E-state index in [1.54, 1.807) is 5.57 Å². The molecule has 0 heterocycles. The van der Waals surface area contributed by atoms with Gasteiger partial charge in [-0.3, -0.25) is 0 Å². The molecule has 0 aromatic carbocycles. The second kappa shape index (κ2) is 4.69. The van der Waals surface area contributed by atoms with Crippen LogP contribution in [0.5, 0.6) is 0 Å². The molecule has 12 heavy (non-hydrogen) atoms. The zero-order valence-corrected chi connectivity index (χ0v) is 9.62. The zero-order valence-electron chi connectivity index (χ0n) is 9.62. The highest BCUT2D eigenvalue weighted by molar-refractivity contribution is 5.14. The van der Waals surface area contributed by atoms with E-state index in [-0.39, 0.29) is 0 Å². The lowest BCUT2D eigenvalue weighted by atomic mass is 9.79. The van der Waals surface area contributed by atoms with E-state index in [1.807, 2.05) is 0 Å². The van der Waals surface area contributed by atoms with E-state index in [4.69, 9.17) is 0 Å². The molecule has 0 heteroatoms. The Kier molecular flexibility index (Phi) is 4.59. The van der Waals surface area contributed by atoms with Gasteiger partial charge in [0, 0.05) is 0 Å². The highest BCUT2D eigenvalue weighted by Gasteiger charge is 2.19. The lowest BCUT2D eigenvalue weighted by molar-refractivity contribution is 0.388. The van der Waals surface area contributed by atoms with Crippen LogP contribution in [0.3, 0.4) is 0 Å². The summed E-state index contributed by atoms with van der Waals surface area (Å²) in [6.45, 7) is 13.7. The van der Waals surface area contributed by atoms with Crippen molar-refractivity contribution in [1.82, 2.24) is 0 Å². The van der Waals surface area contributed by atoms with Crippen LogP contribution < -0.4 is 0 Å². The standard InChI is InChI=1S/C12H24/c1-7-8-9-12(5,6)11(4)10(2)3/h7-9H2,1-6H3. The first-order chi connectivity index (χ1) is 5.41. The average molecular weight is 168 g/mol. The minimum absolute atomic E-state index is 0.412. The van der Waals surface area contributed by atoms with Crippen molar-refractivity contribution >= 4 is 0 Å². The van der Waals surface area contributed by atoms with Crippen LogP contribution in [0.4, 0.5) is 0 Å². The molecule has 0 radical (unpaired) electrons. The molecule has 0 bridgehead atoms. The third kappa shape index (κ3) is 3.42. The van der Waals surface area contributed by atoms with Crippen molar-refractivity contribution < 1.29 is 0 Å². The fourth-order valence-corrected chi connectivity index (χ4v) is 1.48. The molecule has 0 aromatic rings. The van der Waals surface area contributed by atoms with Gasteiger partial charge in [0.25, 0.3) is 0 Å². The molecule has 0 spiro atoms. The van der Waals surface area contributed by atoms with Crippen molar-refractivity contribution in [1.29, 1.82) is 0 Å². The van der Waals surface area contributed by atoms with E-state index in [2.05, 4.69) is 41.5 Å². The van der Waals surface area contributed by atoms with Gasteiger partial charge >= 0.3 is 0 Å². The summed E-state index contributed by atoms with van der Waals surface area (Å²) in [6, 6.07) is 0. The maximum atomic E-state index is 2.35. The Morgan fingerprint density at radius 3 is 1.92 bits per heavy atom. The zero-order chi connectivity index (χ0) is 9.78. The number of unbranched alkanes of at least 4 members (excludes halogenated alkanes) is 1. The third-order valence-corrected chi connectivity index (χ3v) is 2.92. The summed E-state index contributed by atoms with van der Waals surface area (Å²) in [5, 5.41) is 0. The highest BCUT2D eigenvalue weighted by Crippen LogP contribution is 2.33. The summed E-state index contributed by atoms with van der Waals surface area (Å²) in [7, 11) is 0. The van der Waals surface area contributed by atoms with E-state index in [0.717, 1.165) is 0 Å². The molecule has 0 atom stereocenters. The molecule has 72 valence electrons. The first kappa shape index (κ1) is 11.7. The van der Waals surface area contributed by atoms with Crippen LogP contribution in [-0.2, 0) is 0 Å². The maximum absolute atomic E-state index is 2.35. The Bertz CT molecular complexity index is 157. The predicted octanol–water partition coefficient (Wildman–Crippen LogP) is 4.56. The van der Waals surface area contributed by atoms with Crippen molar-refractivity contribution in [3.8, 4) is 0 Å². The smallest absolute Gasteiger partial charge is 0.0145 e. The van der Waals surface area contributed by atoms with Gasteiger partial charge in [0.2, 0.25) is 0 Å². The highest BCUT2D eigenvalue weighted by atomic mass is 14.2. The molecule has 0 rings (SSSR count). The molecular formula is C12H24. The molecule has 0 aromatic heterocycles. The minimum Gasteiger partial charge on any atom is -0.0770 e. The molecule has 0 unspecified atom stereocenters. The number of hydrogen-bond donors (Lipinski definition) is 0. The maximum Gasteiger partial charge on any atom is -0.0145 e. The summed E-state index contributed by atoms with van der Waals surface area (Å²) in [5.41, 5.74) is 3.46. The fourth-order valence-electron chi connectivity index (χ4n) is 1.48. The van der Waals surface area contributed by atoms with E-state index >= 15 is 0 Å². The van der Waals surface area contributed by atoms with Crippen molar-refractivity contribution in [2.24, 2.45) is 5.41 Å². The first-order valence-electron chi connectivity index (χ1n) is 5.06. The summed E-state index contributed by atoms with van der Waals surface area (Å²) in [4.78, 5) is 0. The first-order valence-corrected chi connectivity index (χ1v) is 5.06. The number of allylic oxidation sites excluding steroid dienone is 2. The van der Waals surface area contributed by atoms with E-state index in [0.29, 0.717) is 5.41 Å². The van der Waals surface area contributed by atoms with E-state index < -0.39 is 0 Å². The molecular weight excluding hydrogens is 144 g/mol. The van der Waals surface area contributed by atoms with Crippen LogP contribution in [0.2, 0.25) is 0 Å². The SMILES string of the molecule is CCCCC(C)(C)C(C)=C(C)C. The second-order valence-corrected chi connectivity index (χ2v) is 4.61. The molecule has 0 saturated heterocycles. The van der Waals surface area contributed by atoms with Gasteiger partial charge in [-0.05, 0) is 32.6 Å². The van der Waals surface area contributed by atoms with Crippen LogP contribution in [-0.4, -0.2) is 0 Å². The summed E-state index contributed by atoms with van der Waals surface area (Å²) in [5.74, 6) is 0. The lowest BCUT2D eigenvalue weighted by Gasteiger charge is -2.27. The Labute approximate surface area is 78.1 Å². The van der Waals surface area contributed by atoms with Crippen molar-refractivity contribution in [2.75, 3.05) is 0 Å². The molecule has 0 N–H and O–H groups in total. The molecule has 0 saturated carbocycles. The summed E-state index contributed by atoms with van der Waals surface area (Å²) in [6.07, 6.45) is 3.97. The van der Waals surface area contributed by atoms with Crippen LogP contribution in [0.15, 0.2) is 11.1 Å². The van der Waals surface area contributed by atoms with Gasteiger partial charge in [0.05, 0.1) is 0 Å².